The van der Waals surface area contributed by atoms with E-state index < -0.39 is 11.5 Å². The highest BCUT2D eigenvalue weighted by molar-refractivity contribution is 5.79. The molecule has 0 aromatic rings. The highest BCUT2D eigenvalue weighted by Gasteiger charge is 2.47. The molecule has 2 rings (SSSR count). The fourth-order valence-corrected chi connectivity index (χ4v) is 3.69. The first-order chi connectivity index (χ1) is 8.78. The van der Waals surface area contributed by atoms with Gasteiger partial charge in [0, 0.05) is 12.6 Å². The minimum Gasteiger partial charge on any atom is -0.480 e. The van der Waals surface area contributed by atoms with Crippen molar-refractivity contribution >= 4 is 5.97 Å². The van der Waals surface area contributed by atoms with Crippen molar-refractivity contribution in [3.05, 3.63) is 0 Å². The van der Waals surface area contributed by atoms with Gasteiger partial charge >= 0.3 is 5.97 Å². The summed E-state index contributed by atoms with van der Waals surface area (Å²) in [5, 5.41) is 12.5. The molecular formula is C15H28N2O2. The van der Waals surface area contributed by atoms with Crippen molar-refractivity contribution in [3.63, 3.8) is 0 Å². The van der Waals surface area contributed by atoms with Crippen LogP contribution in [0, 0.1) is 11.3 Å². The van der Waals surface area contributed by atoms with Crippen molar-refractivity contribution in [1.29, 1.82) is 0 Å². The molecule has 19 heavy (non-hydrogen) atoms. The van der Waals surface area contributed by atoms with Gasteiger partial charge in [-0.3, -0.25) is 9.69 Å². The van der Waals surface area contributed by atoms with Crippen LogP contribution in [0.4, 0.5) is 0 Å². The number of likely N-dealkylation sites (tertiary alicyclic amines) is 1. The van der Waals surface area contributed by atoms with Crippen molar-refractivity contribution in [1.82, 2.24) is 10.2 Å². The quantitative estimate of drug-likeness (QED) is 0.821. The van der Waals surface area contributed by atoms with Crippen molar-refractivity contribution in [2.75, 3.05) is 20.1 Å². The molecule has 3 atom stereocenters. The number of rotatable bonds is 3. The Hall–Kier alpha value is -0.610. The van der Waals surface area contributed by atoms with Gasteiger partial charge in [-0.25, -0.2) is 0 Å². The van der Waals surface area contributed by atoms with E-state index in [1.54, 1.807) is 7.05 Å². The molecule has 1 heterocycles. The van der Waals surface area contributed by atoms with Crippen LogP contribution in [0.15, 0.2) is 0 Å². The van der Waals surface area contributed by atoms with Gasteiger partial charge in [0.05, 0.1) is 0 Å². The summed E-state index contributed by atoms with van der Waals surface area (Å²) in [7, 11) is 1.78. The lowest BCUT2D eigenvalue weighted by molar-refractivity contribution is -0.144. The van der Waals surface area contributed by atoms with E-state index in [1.807, 2.05) is 0 Å². The van der Waals surface area contributed by atoms with Crippen molar-refractivity contribution in [2.45, 2.75) is 58.0 Å². The number of hydrogen-bond donors (Lipinski definition) is 2. The summed E-state index contributed by atoms with van der Waals surface area (Å²) in [5.74, 6) is 0.0472. The lowest BCUT2D eigenvalue weighted by Crippen LogP contribution is -2.49. The summed E-state index contributed by atoms with van der Waals surface area (Å²) in [4.78, 5) is 14.0. The van der Waals surface area contributed by atoms with Crippen LogP contribution in [0.2, 0.25) is 0 Å². The number of carbonyl (C=O) groups is 1. The largest absolute Gasteiger partial charge is 0.480 e. The van der Waals surface area contributed by atoms with Crippen molar-refractivity contribution in [3.8, 4) is 0 Å². The topological polar surface area (TPSA) is 52.6 Å². The van der Waals surface area contributed by atoms with Gasteiger partial charge in [-0.2, -0.15) is 0 Å². The van der Waals surface area contributed by atoms with Gasteiger partial charge in [-0.15, -0.1) is 0 Å². The second-order valence-electron chi connectivity index (χ2n) is 7.38. The van der Waals surface area contributed by atoms with Crippen LogP contribution >= 0.6 is 0 Å². The predicted molar refractivity (Wildman–Crippen MR) is 76.2 cm³/mol. The average molecular weight is 268 g/mol. The molecule has 0 bridgehead atoms. The van der Waals surface area contributed by atoms with Crippen LogP contribution in [-0.2, 0) is 4.79 Å². The molecule has 1 saturated carbocycles. The van der Waals surface area contributed by atoms with Crippen LogP contribution < -0.4 is 5.32 Å². The Morgan fingerprint density at radius 1 is 1.37 bits per heavy atom. The van der Waals surface area contributed by atoms with Gasteiger partial charge < -0.3 is 10.4 Å². The van der Waals surface area contributed by atoms with E-state index in [4.69, 9.17) is 0 Å². The zero-order valence-corrected chi connectivity index (χ0v) is 12.7. The van der Waals surface area contributed by atoms with Crippen LogP contribution in [0.1, 0.15) is 46.5 Å². The first kappa shape index (κ1) is 14.8. The lowest BCUT2D eigenvalue weighted by atomic mass is 9.80. The van der Waals surface area contributed by atoms with E-state index in [0.29, 0.717) is 11.5 Å². The summed E-state index contributed by atoms with van der Waals surface area (Å²) in [6, 6.07) is 0.441. The van der Waals surface area contributed by atoms with E-state index >= 15 is 0 Å². The molecule has 0 amide bonds. The highest BCUT2D eigenvalue weighted by Crippen LogP contribution is 2.39. The molecule has 0 aromatic carbocycles. The van der Waals surface area contributed by atoms with E-state index in [2.05, 4.69) is 31.0 Å². The minimum atomic E-state index is -0.691. The van der Waals surface area contributed by atoms with Gasteiger partial charge in [0.2, 0.25) is 0 Å². The molecule has 4 nitrogen and oxygen atoms in total. The lowest BCUT2D eigenvalue weighted by Gasteiger charge is -2.30. The zero-order chi connectivity index (χ0) is 14.3. The minimum absolute atomic E-state index is 0.361. The third-order valence-electron chi connectivity index (χ3n) is 5.34. The monoisotopic (exact) mass is 268 g/mol. The molecule has 0 radical (unpaired) electrons. The maximum Gasteiger partial charge on any atom is 0.323 e. The normalized spacial score (nSPS) is 36.8. The van der Waals surface area contributed by atoms with Crippen LogP contribution in [0.5, 0.6) is 0 Å². The number of hydrogen-bond acceptors (Lipinski definition) is 3. The van der Waals surface area contributed by atoms with E-state index in [9.17, 15) is 9.90 Å². The van der Waals surface area contributed by atoms with Crippen LogP contribution in [0.3, 0.4) is 0 Å². The Morgan fingerprint density at radius 2 is 2.05 bits per heavy atom. The van der Waals surface area contributed by atoms with Gasteiger partial charge in [-0.1, -0.05) is 20.8 Å². The van der Waals surface area contributed by atoms with E-state index in [1.165, 1.54) is 6.42 Å². The maximum absolute atomic E-state index is 11.5. The molecule has 110 valence electrons. The van der Waals surface area contributed by atoms with E-state index in [0.717, 1.165) is 38.3 Å². The Bertz CT molecular complexity index is 351. The Labute approximate surface area is 116 Å². The number of carboxylic acids is 1. The number of carboxylic acid groups (broad SMARTS) is 1. The molecule has 2 fully saturated rings. The molecule has 1 aliphatic heterocycles. The van der Waals surface area contributed by atoms with E-state index in [-0.39, 0.29) is 0 Å². The molecule has 2 N–H and O–H groups in total. The summed E-state index contributed by atoms with van der Waals surface area (Å²) in [6.45, 7) is 9.19. The number of aliphatic carboxylic acids is 1. The van der Waals surface area contributed by atoms with Crippen LogP contribution in [0.25, 0.3) is 0 Å². The molecule has 3 unspecified atom stereocenters. The second-order valence-corrected chi connectivity index (χ2v) is 7.38. The van der Waals surface area contributed by atoms with Gasteiger partial charge in [-0.05, 0) is 50.6 Å². The first-order valence-electron chi connectivity index (χ1n) is 7.45. The molecule has 4 heteroatoms. The summed E-state index contributed by atoms with van der Waals surface area (Å²) in [6.07, 6.45) is 3.75. The summed E-state index contributed by atoms with van der Waals surface area (Å²) < 4.78 is 0. The van der Waals surface area contributed by atoms with Gasteiger partial charge in [0.15, 0.2) is 0 Å². The summed E-state index contributed by atoms with van der Waals surface area (Å²) in [5.41, 5.74) is -0.329. The molecule has 2 aliphatic rings. The fourth-order valence-electron chi connectivity index (χ4n) is 3.69. The number of likely N-dealkylation sites (N-methyl/N-ethyl adjacent to an activating group) is 1. The van der Waals surface area contributed by atoms with Gasteiger partial charge in [0.25, 0.3) is 0 Å². The SMILES string of the molecule is CNC1(C(=O)O)CCC(N2CCC(C(C)(C)C)C2)C1. The van der Waals surface area contributed by atoms with Crippen molar-refractivity contribution in [2.24, 2.45) is 11.3 Å². The average Bonchev–Trinajstić information content (AvgIpc) is 2.95. The predicted octanol–water partition coefficient (Wildman–Crippen LogP) is 1.95. The Balaban J connectivity index is 1.98. The number of nitrogens with zero attached hydrogens (tertiary/aromatic N) is 1. The molecular weight excluding hydrogens is 240 g/mol. The van der Waals surface area contributed by atoms with Crippen LogP contribution in [-0.4, -0.2) is 47.7 Å². The van der Waals surface area contributed by atoms with Gasteiger partial charge in [0.1, 0.15) is 5.54 Å². The molecule has 1 aliphatic carbocycles. The molecule has 0 aromatic heterocycles. The number of nitrogens with one attached hydrogen (secondary N) is 1. The van der Waals surface area contributed by atoms with Crippen molar-refractivity contribution < 1.29 is 9.90 Å². The maximum atomic E-state index is 11.5. The third kappa shape index (κ3) is 2.79. The Kier molecular flexibility index (Phi) is 3.94. The molecule has 1 saturated heterocycles. The first-order valence-corrected chi connectivity index (χ1v) is 7.45. The smallest absolute Gasteiger partial charge is 0.323 e. The fraction of sp³-hybridized carbons (Fsp3) is 0.933. The Morgan fingerprint density at radius 3 is 2.47 bits per heavy atom. The summed E-state index contributed by atoms with van der Waals surface area (Å²) >= 11 is 0. The standard InChI is InChI=1S/C15H28N2O2/c1-14(2,3)11-6-8-17(10-11)12-5-7-15(9-12,16-4)13(18)19/h11-12,16H,5-10H2,1-4H3,(H,18,19). The third-order valence-corrected chi connectivity index (χ3v) is 5.34. The second kappa shape index (κ2) is 5.06. The highest BCUT2D eigenvalue weighted by atomic mass is 16.4. The zero-order valence-electron chi connectivity index (χ0n) is 12.7. The molecule has 0 spiro atoms.